The van der Waals surface area contributed by atoms with Crippen molar-refractivity contribution in [2.45, 2.75) is 0 Å². The van der Waals surface area contributed by atoms with E-state index in [1.54, 1.807) is 0 Å². The fourth-order valence-corrected chi connectivity index (χ4v) is 1.91. The Hall–Kier alpha value is -4.42. The summed E-state index contributed by atoms with van der Waals surface area (Å²) in [7, 11) is 1.43. The van der Waals surface area contributed by atoms with E-state index in [4.69, 9.17) is 11.5 Å². The van der Waals surface area contributed by atoms with Crippen LogP contribution in [0.3, 0.4) is 0 Å². The highest BCUT2D eigenvalue weighted by atomic mass is 16.6. The van der Waals surface area contributed by atoms with Crippen LogP contribution in [0.2, 0.25) is 0 Å². The third-order valence-corrected chi connectivity index (χ3v) is 3.11. The standard InChI is InChI=1S/C13H12N8O5.C2H4/c1-16-17-9-5-10(8(15)4-7(9)14)18-19-11-2-6(20(23)24)3-12(13(11)22)21(25)26;1-2/h2-5,22H,14-15H2,1H3;1-2H2. The molecule has 0 bridgehead atoms. The van der Waals surface area contributed by atoms with Crippen LogP contribution in [-0.2, 0) is 0 Å². The fraction of sp³-hybridized carbons (Fsp3) is 0.0667. The molecule has 5 N–H and O–H groups in total. The van der Waals surface area contributed by atoms with Gasteiger partial charge in [0, 0.05) is 13.1 Å². The Morgan fingerprint density at radius 2 is 1.43 bits per heavy atom. The minimum Gasteiger partial charge on any atom is -0.501 e. The molecule has 0 aliphatic heterocycles. The Labute approximate surface area is 158 Å². The highest BCUT2D eigenvalue weighted by molar-refractivity contribution is 5.77. The zero-order valence-electron chi connectivity index (χ0n) is 14.6. The molecule has 2 rings (SSSR count). The van der Waals surface area contributed by atoms with E-state index in [1.165, 1.54) is 19.2 Å². The number of nitrogen functional groups attached to an aromatic ring is 2. The number of anilines is 2. The van der Waals surface area contributed by atoms with E-state index in [0.717, 1.165) is 6.07 Å². The van der Waals surface area contributed by atoms with E-state index in [1.807, 2.05) is 0 Å². The lowest BCUT2D eigenvalue weighted by atomic mass is 10.2. The van der Waals surface area contributed by atoms with Crippen molar-refractivity contribution >= 4 is 39.8 Å². The number of nitro benzene ring substituents is 2. The van der Waals surface area contributed by atoms with Crippen molar-refractivity contribution in [3.63, 3.8) is 0 Å². The summed E-state index contributed by atoms with van der Waals surface area (Å²) in [5, 5.41) is 46.4. The topological polar surface area (TPSA) is 208 Å². The quantitative estimate of drug-likeness (QED) is 0.222. The number of hydrogen-bond donors (Lipinski definition) is 3. The molecule has 146 valence electrons. The molecule has 0 heterocycles. The van der Waals surface area contributed by atoms with E-state index in [9.17, 15) is 25.3 Å². The summed E-state index contributed by atoms with van der Waals surface area (Å²) in [5.41, 5.74) is 10.2. The molecule has 13 heteroatoms. The van der Waals surface area contributed by atoms with Crippen LogP contribution in [0.4, 0.5) is 39.8 Å². The Bertz CT molecular complexity index is 973. The number of benzene rings is 2. The van der Waals surface area contributed by atoms with Gasteiger partial charge in [-0.1, -0.05) is 0 Å². The smallest absolute Gasteiger partial charge is 0.319 e. The molecule has 2 aromatic rings. The molecule has 0 saturated carbocycles. The molecule has 0 radical (unpaired) electrons. The van der Waals surface area contributed by atoms with Crippen molar-refractivity contribution in [2.75, 3.05) is 18.5 Å². The third-order valence-electron chi connectivity index (χ3n) is 3.11. The fourth-order valence-electron chi connectivity index (χ4n) is 1.91. The van der Waals surface area contributed by atoms with Gasteiger partial charge in [0.2, 0.25) is 5.75 Å². The van der Waals surface area contributed by atoms with Gasteiger partial charge in [0.25, 0.3) is 5.69 Å². The first kappa shape index (κ1) is 21.6. The number of non-ortho nitro benzene ring substituents is 1. The zero-order chi connectivity index (χ0) is 21.4. The molecule has 0 fully saturated rings. The number of rotatable bonds is 5. The van der Waals surface area contributed by atoms with E-state index in [-0.39, 0.29) is 22.7 Å². The molecule has 0 aromatic heterocycles. The SMILES string of the molecule is C=C.CN=Nc1cc(N=Nc2cc([N+](=O)[O-])cc([N+](=O)[O-])c2O)c(N)cc1N. The largest absolute Gasteiger partial charge is 0.501 e. The number of nitrogens with zero attached hydrogens (tertiary/aromatic N) is 6. The van der Waals surface area contributed by atoms with Gasteiger partial charge in [-0.2, -0.15) is 10.2 Å². The summed E-state index contributed by atoms with van der Waals surface area (Å²) >= 11 is 0. The molecule has 0 unspecified atom stereocenters. The summed E-state index contributed by atoms with van der Waals surface area (Å²) < 4.78 is 0. The number of nitro groups is 2. The Balaban J connectivity index is 0.00000190. The maximum absolute atomic E-state index is 10.9. The summed E-state index contributed by atoms with van der Waals surface area (Å²) in [4.78, 5) is 20.0. The monoisotopic (exact) mass is 388 g/mol. The van der Waals surface area contributed by atoms with Gasteiger partial charge in [0.05, 0.1) is 27.3 Å². The maximum atomic E-state index is 10.9. The number of phenolic OH excluding ortho intramolecular Hbond substituents is 1. The predicted octanol–water partition coefficient (Wildman–Crippen LogP) is 4.30. The Kier molecular flexibility index (Phi) is 7.20. The van der Waals surface area contributed by atoms with Crippen molar-refractivity contribution in [2.24, 2.45) is 20.5 Å². The first-order valence-electron chi connectivity index (χ1n) is 7.31. The lowest BCUT2D eigenvalue weighted by molar-refractivity contribution is -0.394. The van der Waals surface area contributed by atoms with Gasteiger partial charge in [0.1, 0.15) is 17.1 Å². The molecule has 0 atom stereocenters. The first-order valence-corrected chi connectivity index (χ1v) is 7.31. The number of azo groups is 2. The highest BCUT2D eigenvalue weighted by Gasteiger charge is 2.24. The molecule has 0 aliphatic rings. The lowest BCUT2D eigenvalue weighted by Crippen LogP contribution is -1.93. The second kappa shape index (κ2) is 9.33. The number of aromatic hydroxyl groups is 1. The van der Waals surface area contributed by atoms with Gasteiger partial charge in [-0.3, -0.25) is 20.2 Å². The van der Waals surface area contributed by atoms with E-state index in [2.05, 4.69) is 33.6 Å². The van der Waals surface area contributed by atoms with Crippen molar-refractivity contribution in [3.05, 3.63) is 57.7 Å². The van der Waals surface area contributed by atoms with Gasteiger partial charge >= 0.3 is 5.69 Å². The normalized spacial score (nSPS) is 10.6. The molecule has 0 spiro atoms. The van der Waals surface area contributed by atoms with Gasteiger partial charge in [-0.25, -0.2) is 0 Å². The van der Waals surface area contributed by atoms with Crippen LogP contribution >= 0.6 is 0 Å². The Morgan fingerprint density at radius 1 is 0.893 bits per heavy atom. The zero-order valence-corrected chi connectivity index (χ0v) is 14.6. The maximum Gasteiger partial charge on any atom is 0.319 e. The molecule has 2 aromatic carbocycles. The van der Waals surface area contributed by atoms with E-state index >= 15 is 0 Å². The van der Waals surface area contributed by atoms with Crippen molar-refractivity contribution < 1.29 is 15.0 Å². The van der Waals surface area contributed by atoms with Crippen LogP contribution in [0.15, 0.2) is 57.9 Å². The van der Waals surface area contributed by atoms with Crippen LogP contribution in [0.5, 0.6) is 5.75 Å². The minimum absolute atomic E-state index is 0.0789. The van der Waals surface area contributed by atoms with Crippen molar-refractivity contribution in [3.8, 4) is 5.75 Å². The van der Waals surface area contributed by atoms with Crippen LogP contribution < -0.4 is 11.5 Å². The molecular formula is C15H16N8O5. The molecule has 28 heavy (non-hydrogen) atoms. The average Bonchev–Trinajstić information content (AvgIpc) is 2.65. The van der Waals surface area contributed by atoms with E-state index < -0.39 is 32.7 Å². The number of phenols is 1. The van der Waals surface area contributed by atoms with Gasteiger partial charge in [-0.05, 0) is 12.1 Å². The summed E-state index contributed by atoms with van der Waals surface area (Å²) in [6, 6.07) is 4.16. The van der Waals surface area contributed by atoms with Crippen molar-refractivity contribution in [1.82, 2.24) is 0 Å². The average molecular weight is 388 g/mol. The van der Waals surface area contributed by atoms with Gasteiger partial charge in [0.15, 0.2) is 0 Å². The third kappa shape index (κ3) is 4.81. The van der Waals surface area contributed by atoms with E-state index in [0.29, 0.717) is 6.07 Å². The summed E-state index contributed by atoms with van der Waals surface area (Å²) in [5.74, 6) is -0.869. The van der Waals surface area contributed by atoms with Crippen LogP contribution in [-0.4, -0.2) is 22.0 Å². The Morgan fingerprint density at radius 3 is 1.93 bits per heavy atom. The van der Waals surface area contributed by atoms with Crippen LogP contribution in [0.25, 0.3) is 0 Å². The number of nitrogens with two attached hydrogens (primary N) is 2. The summed E-state index contributed by atoms with van der Waals surface area (Å²) in [6.45, 7) is 6.00. The van der Waals surface area contributed by atoms with Crippen LogP contribution in [0, 0.1) is 20.2 Å². The highest BCUT2D eigenvalue weighted by Crippen LogP contribution is 2.41. The molecule has 13 nitrogen and oxygen atoms in total. The van der Waals surface area contributed by atoms with Crippen LogP contribution in [0.1, 0.15) is 0 Å². The van der Waals surface area contributed by atoms with Crippen molar-refractivity contribution in [1.29, 1.82) is 0 Å². The second-order valence-electron chi connectivity index (χ2n) is 4.82. The molecule has 0 amide bonds. The number of hydrogen-bond acceptors (Lipinski definition) is 11. The molecular weight excluding hydrogens is 372 g/mol. The second-order valence-corrected chi connectivity index (χ2v) is 4.82. The molecule has 0 saturated heterocycles. The van der Waals surface area contributed by atoms with Gasteiger partial charge < -0.3 is 16.6 Å². The summed E-state index contributed by atoms with van der Waals surface area (Å²) in [6.07, 6.45) is 0. The first-order chi connectivity index (χ1) is 13.2. The predicted molar refractivity (Wildman–Crippen MR) is 103 cm³/mol. The van der Waals surface area contributed by atoms with Gasteiger partial charge in [-0.15, -0.1) is 23.4 Å². The minimum atomic E-state index is -0.974. The molecule has 0 aliphatic carbocycles. The lowest BCUT2D eigenvalue weighted by Gasteiger charge is -2.04.